The summed E-state index contributed by atoms with van der Waals surface area (Å²) in [6.07, 6.45) is 1.92. The molecule has 0 spiro atoms. The molecule has 0 unspecified atom stereocenters. The van der Waals surface area contributed by atoms with Crippen molar-refractivity contribution in [2.75, 3.05) is 25.6 Å². The molecule has 1 rings (SSSR count). The lowest BCUT2D eigenvalue weighted by Crippen LogP contribution is -2.17. The highest BCUT2D eigenvalue weighted by Crippen LogP contribution is 2.27. The van der Waals surface area contributed by atoms with Gasteiger partial charge in [0.1, 0.15) is 12.3 Å². The van der Waals surface area contributed by atoms with E-state index in [0.29, 0.717) is 6.61 Å². The molecule has 0 aliphatic heterocycles. The summed E-state index contributed by atoms with van der Waals surface area (Å²) in [6.45, 7) is 2.72. The van der Waals surface area contributed by atoms with Crippen molar-refractivity contribution < 1.29 is 14.3 Å². The Hall–Kier alpha value is -1.23. The first-order valence-electron chi connectivity index (χ1n) is 5.90. The Morgan fingerprint density at radius 1 is 1.44 bits per heavy atom. The fourth-order valence-corrected chi connectivity index (χ4v) is 1.87. The van der Waals surface area contributed by atoms with Gasteiger partial charge in [-0.15, -0.1) is 0 Å². The molecule has 1 aromatic rings. The number of unbranched alkanes of at least 4 members (excludes halogenated alkanes) is 1. The number of nitrogens with one attached hydrogen (secondary N) is 1. The quantitative estimate of drug-likeness (QED) is 0.620. The molecule has 0 radical (unpaired) electrons. The van der Waals surface area contributed by atoms with Gasteiger partial charge in [-0.05, 0) is 40.5 Å². The minimum absolute atomic E-state index is 0.169. The summed E-state index contributed by atoms with van der Waals surface area (Å²) in [5, 5.41) is 3.00. The normalized spacial score (nSPS) is 9.94. The third kappa shape index (κ3) is 4.96. The summed E-state index contributed by atoms with van der Waals surface area (Å²) < 4.78 is 11.0. The summed E-state index contributed by atoms with van der Waals surface area (Å²) in [6, 6.07) is 5.54. The fourth-order valence-electron chi connectivity index (χ4n) is 1.33. The van der Waals surface area contributed by atoms with Crippen molar-refractivity contribution in [2.45, 2.75) is 19.8 Å². The lowest BCUT2D eigenvalue weighted by Gasteiger charge is -2.09. The van der Waals surface area contributed by atoms with Gasteiger partial charge in [0.2, 0.25) is 0 Å². The highest BCUT2D eigenvalue weighted by atomic mass is 79.9. The average molecular weight is 316 g/mol. The van der Waals surface area contributed by atoms with Crippen LogP contribution in [0.1, 0.15) is 19.8 Å². The summed E-state index contributed by atoms with van der Waals surface area (Å²) in [5.41, 5.74) is 0.843. The highest BCUT2D eigenvalue weighted by Gasteiger charge is 2.04. The SMILES string of the molecule is CCCCOC(=O)CNc1ccc(OC)c(Br)c1. The third-order valence-corrected chi connectivity index (χ3v) is 2.97. The summed E-state index contributed by atoms with van der Waals surface area (Å²) in [4.78, 5) is 11.4. The highest BCUT2D eigenvalue weighted by molar-refractivity contribution is 9.10. The number of halogens is 1. The molecular weight excluding hydrogens is 298 g/mol. The van der Waals surface area contributed by atoms with E-state index in [4.69, 9.17) is 9.47 Å². The predicted molar refractivity (Wildman–Crippen MR) is 75.1 cm³/mol. The molecule has 0 aliphatic rings. The number of methoxy groups -OCH3 is 1. The molecule has 0 saturated heterocycles. The van der Waals surface area contributed by atoms with E-state index in [2.05, 4.69) is 28.2 Å². The van der Waals surface area contributed by atoms with Gasteiger partial charge in [-0.25, -0.2) is 0 Å². The van der Waals surface area contributed by atoms with E-state index in [-0.39, 0.29) is 12.5 Å². The molecule has 4 nitrogen and oxygen atoms in total. The van der Waals surface area contributed by atoms with Gasteiger partial charge < -0.3 is 14.8 Å². The van der Waals surface area contributed by atoms with E-state index in [1.807, 2.05) is 18.2 Å². The van der Waals surface area contributed by atoms with Gasteiger partial charge >= 0.3 is 5.97 Å². The lowest BCUT2D eigenvalue weighted by atomic mass is 10.3. The molecule has 18 heavy (non-hydrogen) atoms. The molecule has 0 aliphatic carbocycles. The topological polar surface area (TPSA) is 47.6 Å². The number of benzene rings is 1. The molecule has 0 saturated carbocycles. The van der Waals surface area contributed by atoms with Crippen LogP contribution in [0.3, 0.4) is 0 Å². The molecule has 5 heteroatoms. The summed E-state index contributed by atoms with van der Waals surface area (Å²) in [7, 11) is 1.61. The molecule has 0 heterocycles. The van der Waals surface area contributed by atoms with E-state index in [0.717, 1.165) is 28.8 Å². The Kier molecular flexibility index (Phi) is 6.57. The number of anilines is 1. The minimum atomic E-state index is -0.240. The van der Waals surface area contributed by atoms with Crippen LogP contribution < -0.4 is 10.1 Å². The van der Waals surface area contributed by atoms with Crippen molar-refractivity contribution in [2.24, 2.45) is 0 Å². The minimum Gasteiger partial charge on any atom is -0.496 e. The Labute approximate surface area is 116 Å². The number of carbonyl (C=O) groups is 1. The monoisotopic (exact) mass is 315 g/mol. The van der Waals surface area contributed by atoms with Gasteiger partial charge in [0.25, 0.3) is 0 Å². The maximum atomic E-state index is 11.4. The van der Waals surface area contributed by atoms with Gasteiger partial charge in [-0.1, -0.05) is 13.3 Å². The van der Waals surface area contributed by atoms with Crippen molar-refractivity contribution in [3.63, 3.8) is 0 Å². The van der Waals surface area contributed by atoms with Gasteiger partial charge in [-0.3, -0.25) is 4.79 Å². The van der Waals surface area contributed by atoms with Crippen molar-refractivity contribution in [1.29, 1.82) is 0 Å². The Morgan fingerprint density at radius 3 is 2.83 bits per heavy atom. The van der Waals surface area contributed by atoms with E-state index < -0.39 is 0 Å². The summed E-state index contributed by atoms with van der Waals surface area (Å²) >= 11 is 3.38. The maximum absolute atomic E-state index is 11.4. The van der Waals surface area contributed by atoms with Gasteiger partial charge in [-0.2, -0.15) is 0 Å². The second-order valence-corrected chi connectivity index (χ2v) is 4.63. The Balaban J connectivity index is 2.39. The van der Waals surface area contributed by atoms with Crippen LogP contribution in [0.5, 0.6) is 5.75 Å². The maximum Gasteiger partial charge on any atom is 0.325 e. The number of hydrogen-bond acceptors (Lipinski definition) is 4. The number of carbonyl (C=O) groups excluding carboxylic acids is 1. The molecular formula is C13H18BrNO3. The summed E-state index contributed by atoms with van der Waals surface area (Å²) in [5.74, 6) is 0.515. The molecule has 1 aromatic carbocycles. The van der Waals surface area contributed by atoms with Crippen LogP contribution in [0.2, 0.25) is 0 Å². The van der Waals surface area contributed by atoms with Crippen LogP contribution in [0, 0.1) is 0 Å². The van der Waals surface area contributed by atoms with Crippen LogP contribution >= 0.6 is 15.9 Å². The van der Waals surface area contributed by atoms with Crippen molar-refractivity contribution >= 4 is 27.6 Å². The Morgan fingerprint density at radius 2 is 2.22 bits per heavy atom. The standard InChI is InChI=1S/C13H18BrNO3/c1-3-4-7-18-13(16)9-15-10-5-6-12(17-2)11(14)8-10/h5-6,8,15H,3-4,7,9H2,1-2H3. The van der Waals surface area contributed by atoms with Crippen molar-refractivity contribution in [3.8, 4) is 5.75 Å². The second-order valence-electron chi connectivity index (χ2n) is 3.78. The Bertz CT molecular complexity index is 396. The molecule has 0 fully saturated rings. The van der Waals surface area contributed by atoms with Crippen molar-refractivity contribution in [3.05, 3.63) is 22.7 Å². The number of rotatable bonds is 7. The van der Waals surface area contributed by atoms with E-state index >= 15 is 0 Å². The van der Waals surface area contributed by atoms with Crippen LogP contribution in [-0.4, -0.2) is 26.2 Å². The first-order chi connectivity index (χ1) is 8.67. The van der Waals surface area contributed by atoms with Crippen LogP contribution in [-0.2, 0) is 9.53 Å². The first-order valence-corrected chi connectivity index (χ1v) is 6.69. The van der Waals surface area contributed by atoms with Crippen LogP contribution in [0.15, 0.2) is 22.7 Å². The largest absolute Gasteiger partial charge is 0.496 e. The number of ether oxygens (including phenoxy) is 2. The number of esters is 1. The van der Waals surface area contributed by atoms with Crippen LogP contribution in [0.4, 0.5) is 5.69 Å². The molecule has 0 atom stereocenters. The average Bonchev–Trinajstić information content (AvgIpc) is 2.37. The van der Waals surface area contributed by atoms with E-state index in [9.17, 15) is 4.79 Å². The molecule has 100 valence electrons. The zero-order valence-corrected chi connectivity index (χ0v) is 12.2. The second kappa shape index (κ2) is 7.97. The molecule has 0 aromatic heterocycles. The fraction of sp³-hybridized carbons (Fsp3) is 0.462. The van der Waals surface area contributed by atoms with Crippen LogP contribution in [0.25, 0.3) is 0 Å². The molecule has 0 bridgehead atoms. The van der Waals surface area contributed by atoms with E-state index in [1.165, 1.54) is 0 Å². The molecule has 0 amide bonds. The first kappa shape index (κ1) is 14.8. The third-order valence-electron chi connectivity index (χ3n) is 2.35. The number of hydrogen-bond donors (Lipinski definition) is 1. The zero-order valence-electron chi connectivity index (χ0n) is 10.7. The van der Waals surface area contributed by atoms with Gasteiger partial charge in [0.05, 0.1) is 18.2 Å². The zero-order chi connectivity index (χ0) is 13.4. The lowest BCUT2D eigenvalue weighted by molar-refractivity contribution is -0.141. The smallest absolute Gasteiger partial charge is 0.325 e. The van der Waals surface area contributed by atoms with E-state index in [1.54, 1.807) is 7.11 Å². The van der Waals surface area contributed by atoms with Crippen molar-refractivity contribution in [1.82, 2.24) is 0 Å². The molecule has 1 N–H and O–H groups in total. The van der Waals surface area contributed by atoms with Gasteiger partial charge in [0, 0.05) is 5.69 Å². The van der Waals surface area contributed by atoms with Gasteiger partial charge in [0.15, 0.2) is 0 Å². The predicted octanol–water partition coefficient (Wildman–Crippen LogP) is 3.21.